The van der Waals surface area contributed by atoms with Gasteiger partial charge >= 0.3 is 6.03 Å². The predicted octanol–water partition coefficient (Wildman–Crippen LogP) is 2.63. The van der Waals surface area contributed by atoms with Crippen LogP contribution in [0.25, 0.3) is 0 Å². The largest absolute Gasteiger partial charge is 0.494 e. The van der Waals surface area contributed by atoms with Gasteiger partial charge < -0.3 is 20.1 Å². The van der Waals surface area contributed by atoms with Crippen molar-refractivity contribution in [3.05, 3.63) is 24.3 Å². The number of amides is 2. The first kappa shape index (κ1) is 15.3. The molecule has 0 aromatic heterocycles. The molecule has 19 heavy (non-hydrogen) atoms. The molecule has 0 bridgehead atoms. The second-order valence-electron chi connectivity index (χ2n) is 3.89. The van der Waals surface area contributed by atoms with E-state index in [0.717, 1.165) is 17.9 Å². The maximum Gasteiger partial charge on any atom is 0.319 e. The fraction of sp³-hybridized carbons (Fsp3) is 0.500. The summed E-state index contributed by atoms with van der Waals surface area (Å²) in [5.74, 6) is 0.796. The zero-order valence-corrected chi connectivity index (χ0v) is 11.6. The van der Waals surface area contributed by atoms with Crippen molar-refractivity contribution in [2.75, 3.05) is 31.7 Å². The summed E-state index contributed by atoms with van der Waals surface area (Å²) in [4.78, 5) is 11.6. The first-order valence-electron chi connectivity index (χ1n) is 6.61. The zero-order chi connectivity index (χ0) is 13.9. The van der Waals surface area contributed by atoms with Crippen LogP contribution in [0.3, 0.4) is 0 Å². The highest BCUT2D eigenvalue weighted by atomic mass is 16.5. The summed E-state index contributed by atoms with van der Waals surface area (Å²) in [5, 5.41) is 5.52. The zero-order valence-electron chi connectivity index (χ0n) is 11.6. The monoisotopic (exact) mass is 266 g/mol. The first-order valence-corrected chi connectivity index (χ1v) is 6.61. The topological polar surface area (TPSA) is 59.6 Å². The summed E-state index contributed by atoms with van der Waals surface area (Å²) in [6.45, 7) is 6.49. The van der Waals surface area contributed by atoms with Crippen LogP contribution in [0.1, 0.15) is 20.3 Å². The Bertz CT molecular complexity index is 365. The highest BCUT2D eigenvalue weighted by molar-refractivity contribution is 5.89. The molecule has 0 heterocycles. The van der Waals surface area contributed by atoms with Gasteiger partial charge in [0.1, 0.15) is 5.75 Å². The highest BCUT2D eigenvalue weighted by Crippen LogP contribution is 2.15. The van der Waals surface area contributed by atoms with Gasteiger partial charge in [0.2, 0.25) is 0 Å². The molecular formula is C14H22N2O3. The molecular weight excluding hydrogens is 244 g/mol. The molecule has 1 aromatic carbocycles. The molecule has 5 nitrogen and oxygen atoms in total. The third kappa shape index (κ3) is 6.67. The fourth-order valence-electron chi connectivity index (χ4n) is 1.50. The van der Waals surface area contributed by atoms with Crippen molar-refractivity contribution in [3.63, 3.8) is 0 Å². The summed E-state index contributed by atoms with van der Waals surface area (Å²) in [7, 11) is 0. The Morgan fingerprint density at radius 2 is 1.89 bits per heavy atom. The van der Waals surface area contributed by atoms with Crippen LogP contribution >= 0.6 is 0 Å². The number of benzene rings is 1. The second-order valence-corrected chi connectivity index (χ2v) is 3.89. The number of carbonyl (C=O) groups excluding carboxylic acids is 1. The van der Waals surface area contributed by atoms with E-state index in [2.05, 4.69) is 10.6 Å². The van der Waals surface area contributed by atoms with Gasteiger partial charge in [-0.2, -0.15) is 0 Å². The molecule has 0 fully saturated rings. The van der Waals surface area contributed by atoms with Crippen molar-refractivity contribution in [1.29, 1.82) is 0 Å². The van der Waals surface area contributed by atoms with Crippen LogP contribution in [-0.4, -0.2) is 32.4 Å². The average molecular weight is 266 g/mol. The van der Waals surface area contributed by atoms with Crippen molar-refractivity contribution >= 4 is 11.7 Å². The molecule has 0 unspecified atom stereocenters. The van der Waals surface area contributed by atoms with Gasteiger partial charge in [0, 0.05) is 25.4 Å². The van der Waals surface area contributed by atoms with Gasteiger partial charge in [-0.25, -0.2) is 4.79 Å². The van der Waals surface area contributed by atoms with Crippen LogP contribution in [0, 0.1) is 0 Å². The molecule has 0 aliphatic carbocycles. The van der Waals surface area contributed by atoms with Crippen LogP contribution in [0.4, 0.5) is 10.5 Å². The van der Waals surface area contributed by atoms with Gasteiger partial charge in [0.25, 0.3) is 0 Å². The average Bonchev–Trinajstić information content (AvgIpc) is 2.41. The molecule has 2 amide bonds. The SMILES string of the molecule is CCOCCCNC(=O)Nc1ccc(OCC)cc1. The van der Waals surface area contributed by atoms with Gasteiger partial charge in [-0.15, -0.1) is 0 Å². The Hall–Kier alpha value is -1.75. The van der Waals surface area contributed by atoms with E-state index in [0.29, 0.717) is 26.4 Å². The number of hydrogen-bond donors (Lipinski definition) is 2. The lowest BCUT2D eigenvalue weighted by Crippen LogP contribution is -2.30. The molecule has 1 rings (SSSR count). The normalized spacial score (nSPS) is 10.0. The van der Waals surface area contributed by atoms with E-state index in [-0.39, 0.29) is 6.03 Å². The van der Waals surface area contributed by atoms with Crippen molar-refractivity contribution in [3.8, 4) is 5.75 Å². The molecule has 0 atom stereocenters. The maximum absolute atomic E-state index is 11.6. The van der Waals surface area contributed by atoms with Crippen LogP contribution in [0.2, 0.25) is 0 Å². The molecule has 0 radical (unpaired) electrons. The minimum Gasteiger partial charge on any atom is -0.494 e. The summed E-state index contributed by atoms with van der Waals surface area (Å²) >= 11 is 0. The van der Waals surface area contributed by atoms with Crippen LogP contribution in [-0.2, 0) is 4.74 Å². The lowest BCUT2D eigenvalue weighted by atomic mass is 10.3. The summed E-state index contributed by atoms with van der Waals surface area (Å²) in [6.07, 6.45) is 0.810. The van der Waals surface area contributed by atoms with Crippen molar-refractivity contribution in [1.82, 2.24) is 5.32 Å². The van der Waals surface area contributed by atoms with Crippen LogP contribution in [0.5, 0.6) is 5.75 Å². The third-order valence-corrected chi connectivity index (χ3v) is 2.38. The summed E-state index contributed by atoms with van der Waals surface area (Å²) in [5.41, 5.74) is 0.741. The van der Waals surface area contributed by atoms with Crippen molar-refractivity contribution < 1.29 is 14.3 Å². The number of ether oxygens (including phenoxy) is 2. The van der Waals surface area contributed by atoms with Crippen LogP contribution < -0.4 is 15.4 Å². The van der Waals surface area contributed by atoms with E-state index < -0.39 is 0 Å². The lowest BCUT2D eigenvalue weighted by molar-refractivity contribution is 0.145. The molecule has 0 aliphatic rings. The quantitative estimate of drug-likeness (QED) is 0.711. The number of anilines is 1. The summed E-state index contributed by atoms with van der Waals surface area (Å²) < 4.78 is 10.5. The molecule has 106 valence electrons. The Kier molecular flexibility index (Phi) is 7.43. The molecule has 0 saturated carbocycles. The maximum atomic E-state index is 11.6. The molecule has 0 aliphatic heterocycles. The van der Waals surface area contributed by atoms with Crippen molar-refractivity contribution in [2.45, 2.75) is 20.3 Å². The number of urea groups is 1. The molecule has 5 heteroatoms. The highest BCUT2D eigenvalue weighted by Gasteiger charge is 2.01. The van der Waals surface area contributed by atoms with E-state index in [4.69, 9.17) is 9.47 Å². The Morgan fingerprint density at radius 1 is 1.16 bits per heavy atom. The third-order valence-electron chi connectivity index (χ3n) is 2.38. The number of nitrogens with one attached hydrogen (secondary N) is 2. The van der Waals surface area contributed by atoms with Gasteiger partial charge in [-0.3, -0.25) is 0 Å². The van der Waals surface area contributed by atoms with Gasteiger partial charge in [-0.1, -0.05) is 0 Å². The van der Waals surface area contributed by atoms with Crippen LogP contribution in [0.15, 0.2) is 24.3 Å². The fourth-order valence-corrected chi connectivity index (χ4v) is 1.50. The Morgan fingerprint density at radius 3 is 2.53 bits per heavy atom. The standard InChI is InChI=1S/C14H22N2O3/c1-3-18-11-5-10-15-14(17)16-12-6-8-13(9-7-12)19-4-2/h6-9H,3-5,10-11H2,1-2H3,(H2,15,16,17). The molecule has 2 N–H and O–H groups in total. The van der Waals surface area contributed by atoms with Gasteiger partial charge in [-0.05, 0) is 44.5 Å². The van der Waals surface area contributed by atoms with E-state index in [1.54, 1.807) is 0 Å². The van der Waals surface area contributed by atoms with Gasteiger partial charge in [0.05, 0.1) is 6.61 Å². The Balaban J connectivity index is 2.24. The molecule has 1 aromatic rings. The van der Waals surface area contributed by atoms with E-state index in [1.165, 1.54) is 0 Å². The minimum atomic E-state index is -0.208. The smallest absolute Gasteiger partial charge is 0.319 e. The molecule has 0 spiro atoms. The number of hydrogen-bond acceptors (Lipinski definition) is 3. The lowest BCUT2D eigenvalue weighted by Gasteiger charge is -2.08. The number of carbonyl (C=O) groups is 1. The second kappa shape index (κ2) is 9.22. The van der Waals surface area contributed by atoms with E-state index in [1.807, 2.05) is 38.1 Å². The van der Waals surface area contributed by atoms with E-state index in [9.17, 15) is 4.79 Å². The first-order chi connectivity index (χ1) is 9.26. The minimum absolute atomic E-state index is 0.208. The van der Waals surface area contributed by atoms with Gasteiger partial charge in [0.15, 0.2) is 0 Å². The molecule has 0 saturated heterocycles. The Labute approximate surface area is 114 Å². The number of rotatable bonds is 8. The summed E-state index contributed by atoms with van der Waals surface area (Å²) in [6, 6.07) is 7.07. The van der Waals surface area contributed by atoms with Crippen molar-refractivity contribution in [2.24, 2.45) is 0 Å². The predicted molar refractivity (Wildman–Crippen MR) is 75.7 cm³/mol. The van der Waals surface area contributed by atoms with E-state index >= 15 is 0 Å².